The van der Waals surface area contributed by atoms with Crippen molar-refractivity contribution in [2.45, 2.75) is 19.3 Å². The number of carbonyl (C=O) groups is 1. The maximum absolute atomic E-state index is 12.7. The van der Waals surface area contributed by atoms with Crippen molar-refractivity contribution in [3.63, 3.8) is 0 Å². The number of fused-ring (bicyclic) bond motifs is 1. The zero-order valence-corrected chi connectivity index (χ0v) is 14.9. The van der Waals surface area contributed by atoms with Crippen LogP contribution in [0, 0.1) is 0 Å². The Hall–Kier alpha value is -3.12. The number of aryl methyl sites for hydroxylation is 1. The predicted molar refractivity (Wildman–Crippen MR) is 104 cm³/mol. The number of H-pyrrole nitrogens is 1. The fourth-order valence-electron chi connectivity index (χ4n) is 3.45. The number of nitrogens with zero attached hydrogens (tertiary/aromatic N) is 1. The van der Waals surface area contributed by atoms with Crippen molar-refractivity contribution in [2.24, 2.45) is 0 Å². The number of nitrogens with one attached hydrogen (secondary N) is 2. The van der Waals surface area contributed by atoms with Gasteiger partial charge in [-0.05, 0) is 31.0 Å². The summed E-state index contributed by atoms with van der Waals surface area (Å²) < 4.78 is 5.66. The van der Waals surface area contributed by atoms with Crippen LogP contribution in [0.4, 0.5) is 11.4 Å². The molecule has 6 nitrogen and oxygen atoms in total. The number of para-hydroxylation sites is 1. The van der Waals surface area contributed by atoms with E-state index in [1.807, 2.05) is 36.4 Å². The van der Waals surface area contributed by atoms with Gasteiger partial charge in [-0.15, -0.1) is 0 Å². The van der Waals surface area contributed by atoms with Gasteiger partial charge in [0.2, 0.25) is 0 Å². The molecule has 0 spiro atoms. The number of Topliss-reactive ketones (excluding diaryl/α,β-unsaturated/α-hetero) is 1. The monoisotopic (exact) mass is 363 g/mol. The van der Waals surface area contributed by atoms with Crippen molar-refractivity contribution in [1.29, 1.82) is 0 Å². The van der Waals surface area contributed by atoms with Crippen LogP contribution in [0.3, 0.4) is 0 Å². The quantitative estimate of drug-likeness (QED) is 0.621. The summed E-state index contributed by atoms with van der Waals surface area (Å²) in [5, 5.41) is 12.5. The van der Waals surface area contributed by atoms with E-state index >= 15 is 0 Å². The van der Waals surface area contributed by atoms with Gasteiger partial charge in [0.15, 0.2) is 5.78 Å². The number of benzene rings is 1. The number of ketones is 1. The topological polar surface area (TPSA) is 87.2 Å². The van der Waals surface area contributed by atoms with Crippen LogP contribution in [0.2, 0.25) is 0 Å². The van der Waals surface area contributed by atoms with E-state index in [1.54, 1.807) is 12.4 Å². The van der Waals surface area contributed by atoms with Crippen LogP contribution in [-0.4, -0.2) is 34.1 Å². The molecular weight excluding hydrogens is 342 g/mol. The lowest BCUT2D eigenvalue weighted by Gasteiger charge is -2.14. The fourth-order valence-corrected chi connectivity index (χ4v) is 3.45. The molecule has 2 aromatic heterocycles. The molecule has 0 saturated heterocycles. The first-order valence-electron chi connectivity index (χ1n) is 9.06. The molecule has 2 heterocycles. The minimum Gasteiger partial charge on any atom is -0.489 e. The highest BCUT2D eigenvalue weighted by atomic mass is 16.5. The molecule has 0 atom stereocenters. The molecule has 0 radical (unpaired) electrons. The van der Waals surface area contributed by atoms with Crippen LogP contribution in [-0.2, 0) is 6.42 Å². The summed E-state index contributed by atoms with van der Waals surface area (Å²) >= 11 is 0. The van der Waals surface area contributed by atoms with Crippen LogP contribution < -0.4 is 10.1 Å². The molecule has 138 valence electrons. The van der Waals surface area contributed by atoms with E-state index in [0.717, 1.165) is 46.7 Å². The van der Waals surface area contributed by atoms with Crippen LogP contribution in [0.5, 0.6) is 5.75 Å². The van der Waals surface area contributed by atoms with Crippen LogP contribution in [0.15, 0.2) is 48.8 Å². The van der Waals surface area contributed by atoms with E-state index in [1.165, 1.54) is 0 Å². The van der Waals surface area contributed by atoms with Gasteiger partial charge >= 0.3 is 0 Å². The number of aromatic nitrogens is 2. The summed E-state index contributed by atoms with van der Waals surface area (Å²) in [7, 11) is 0. The van der Waals surface area contributed by atoms with Crippen LogP contribution in [0.1, 0.15) is 28.9 Å². The number of pyridine rings is 1. The van der Waals surface area contributed by atoms with Crippen molar-refractivity contribution in [2.75, 3.05) is 18.5 Å². The van der Waals surface area contributed by atoms with Gasteiger partial charge < -0.3 is 20.1 Å². The van der Waals surface area contributed by atoms with Crippen LogP contribution >= 0.6 is 0 Å². The molecule has 0 saturated carbocycles. The average Bonchev–Trinajstić information content (AvgIpc) is 3.07. The van der Waals surface area contributed by atoms with E-state index in [2.05, 4.69) is 15.3 Å². The van der Waals surface area contributed by atoms with Crippen molar-refractivity contribution < 1.29 is 14.6 Å². The number of aliphatic hydroxyl groups excluding tert-OH is 1. The van der Waals surface area contributed by atoms with E-state index in [0.29, 0.717) is 12.2 Å². The number of aliphatic hydroxyl groups is 1. The lowest BCUT2D eigenvalue weighted by molar-refractivity contribution is 0.0973. The second-order valence-electron chi connectivity index (χ2n) is 6.44. The lowest BCUT2D eigenvalue weighted by Crippen LogP contribution is -2.10. The summed E-state index contributed by atoms with van der Waals surface area (Å²) in [5.41, 5.74) is 4.95. The summed E-state index contributed by atoms with van der Waals surface area (Å²) in [4.78, 5) is 20.2. The maximum Gasteiger partial charge on any atom is 0.166 e. The molecule has 1 aliphatic rings. The minimum atomic E-state index is -0.0802. The van der Waals surface area contributed by atoms with Gasteiger partial charge in [-0.3, -0.25) is 9.78 Å². The van der Waals surface area contributed by atoms with Gasteiger partial charge in [-0.1, -0.05) is 18.2 Å². The predicted octanol–water partition coefficient (Wildman–Crippen LogP) is 3.71. The Kier molecular flexibility index (Phi) is 4.89. The van der Waals surface area contributed by atoms with Gasteiger partial charge in [-0.25, -0.2) is 0 Å². The third-order valence-corrected chi connectivity index (χ3v) is 4.63. The molecule has 27 heavy (non-hydrogen) atoms. The summed E-state index contributed by atoms with van der Waals surface area (Å²) in [5.74, 6) is 0.706. The van der Waals surface area contributed by atoms with Gasteiger partial charge in [0, 0.05) is 29.6 Å². The molecule has 1 aliphatic carbocycles. The summed E-state index contributed by atoms with van der Waals surface area (Å²) in [6, 6.07) is 11.6. The summed E-state index contributed by atoms with van der Waals surface area (Å²) in [6.45, 7) is 0.0999. The number of ether oxygens (including phenoxy) is 1. The number of aromatic amines is 1. The van der Waals surface area contributed by atoms with Gasteiger partial charge in [0.05, 0.1) is 29.7 Å². The Morgan fingerprint density at radius 3 is 2.85 bits per heavy atom. The molecular formula is C21H21N3O3. The third-order valence-electron chi connectivity index (χ3n) is 4.63. The summed E-state index contributed by atoms with van der Waals surface area (Å²) in [6.07, 6.45) is 5.55. The molecule has 0 amide bonds. The molecule has 3 aromatic rings. The van der Waals surface area contributed by atoms with Crippen molar-refractivity contribution in [1.82, 2.24) is 9.97 Å². The highest BCUT2D eigenvalue weighted by molar-refractivity contribution is 6.07. The Morgan fingerprint density at radius 1 is 1.19 bits per heavy atom. The van der Waals surface area contributed by atoms with E-state index in [9.17, 15) is 4.79 Å². The van der Waals surface area contributed by atoms with Crippen molar-refractivity contribution in [3.8, 4) is 17.0 Å². The number of hydrogen-bond donors (Lipinski definition) is 3. The van der Waals surface area contributed by atoms with Crippen LogP contribution in [0.25, 0.3) is 11.3 Å². The molecule has 3 N–H and O–H groups in total. The Labute approximate surface area is 157 Å². The Balaban J connectivity index is 1.85. The molecule has 6 heteroatoms. The second kappa shape index (κ2) is 7.63. The molecule has 4 rings (SSSR count). The largest absolute Gasteiger partial charge is 0.489 e. The normalized spacial score (nSPS) is 13.3. The first-order chi connectivity index (χ1) is 13.3. The first-order valence-corrected chi connectivity index (χ1v) is 9.06. The number of hydrogen-bond acceptors (Lipinski definition) is 5. The maximum atomic E-state index is 12.7. The molecule has 0 aliphatic heterocycles. The van der Waals surface area contributed by atoms with E-state index in [-0.39, 0.29) is 19.0 Å². The molecule has 1 aromatic carbocycles. The van der Waals surface area contributed by atoms with Gasteiger partial charge in [-0.2, -0.15) is 0 Å². The van der Waals surface area contributed by atoms with E-state index < -0.39 is 0 Å². The molecule has 0 bridgehead atoms. The van der Waals surface area contributed by atoms with Gasteiger partial charge in [0.1, 0.15) is 12.4 Å². The molecule has 0 unspecified atom stereocenters. The number of anilines is 2. The van der Waals surface area contributed by atoms with Crippen molar-refractivity contribution in [3.05, 3.63) is 60.0 Å². The number of rotatable bonds is 6. The zero-order chi connectivity index (χ0) is 18.6. The Morgan fingerprint density at radius 2 is 2.04 bits per heavy atom. The minimum absolute atomic E-state index is 0.0802. The third kappa shape index (κ3) is 3.44. The highest BCUT2D eigenvalue weighted by Crippen LogP contribution is 2.41. The SMILES string of the molecule is O=C1CCCc2[nH]c(-c3ccncc3OCCO)c(Nc3ccccc3)c21. The van der Waals surface area contributed by atoms with Crippen molar-refractivity contribution >= 4 is 17.2 Å². The second-order valence-corrected chi connectivity index (χ2v) is 6.44. The highest BCUT2D eigenvalue weighted by Gasteiger charge is 2.28. The smallest absolute Gasteiger partial charge is 0.166 e. The average molecular weight is 363 g/mol. The lowest BCUT2D eigenvalue weighted by atomic mass is 9.95. The van der Waals surface area contributed by atoms with E-state index in [4.69, 9.17) is 9.84 Å². The zero-order valence-electron chi connectivity index (χ0n) is 14.9. The molecule has 0 fully saturated rings. The standard InChI is InChI=1S/C21H21N3O3/c25-11-12-27-18-13-22-10-9-15(18)20-21(23-14-5-2-1-3-6-14)19-16(24-20)7-4-8-17(19)26/h1-3,5-6,9-10,13,23-25H,4,7-8,11-12H2. The first kappa shape index (κ1) is 17.3. The van der Waals surface area contributed by atoms with Gasteiger partial charge in [0.25, 0.3) is 0 Å². The Bertz CT molecular complexity index is 951. The number of carbonyl (C=O) groups excluding carboxylic acids is 1. The fraction of sp³-hybridized carbons (Fsp3) is 0.238.